The summed E-state index contributed by atoms with van der Waals surface area (Å²) < 4.78 is 17.6. The summed E-state index contributed by atoms with van der Waals surface area (Å²) in [6.07, 6.45) is -4.17. The topological polar surface area (TPSA) is 130 Å². The summed E-state index contributed by atoms with van der Waals surface area (Å²) in [4.78, 5) is 20.5. The first-order chi connectivity index (χ1) is 8.79. The number of carbonyl (C=O) groups is 1. The molecule has 0 fully saturated rings. The molecule has 0 saturated heterocycles. The number of halogens is 1. The highest BCUT2D eigenvalue weighted by Gasteiger charge is 2.31. The van der Waals surface area contributed by atoms with Crippen LogP contribution >= 0.6 is 0 Å². The Morgan fingerprint density at radius 2 is 2.05 bits per heavy atom. The predicted molar refractivity (Wildman–Crippen MR) is 57.7 cm³/mol. The van der Waals surface area contributed by atoms with Crippen molar-refractivity contribution in [3.05, 3.63) is 33.6 Å². The van der Waals surface area contributed by atoms with Crippen molar-refractivity contribution in [2.75, 3.05) is 7.11 Å². The molecule has 19 heavy (non-hydrogen) atoms. The number of methoxy groups -OCH3 is 1. The Morgan fingerprint density at radius 1 is 1.47 bits per heavy atom. The number of rotatable bonds is 4. The van der Waals surface area contributed by atoms with Gasteiger partial charge in [0.1, 0.15) is 11.9 Å². The summed E-state index contributed by atoms with van der Waals surface area (Å²) in [6.45, 7) is 0. The van der Waals surface area contributed by atoms with E-state index in [9.17, 15) is 29.5 Å². The number of nitro benzene ring substituents is 1. The van der Waals surface area contributed by atoms with Gasteiger partial charge < -0.3 is 20.1 Å². The van der Waals surface area contributed by atoms with Gasteiger partial charge in [0.05, 0.1) is 12.0 Å². The number of nitro groups is 1. The molecule has 0 aliphatic rings. The third-order valence-electron chi connectivity index (χ3n) is 2.35. The molecule has 9 heteroatoms. The van der Waals surface area contributed by atoms with Crippen LogP contribution in [0.15, 0.2) is 12.1 Å². The van der Waals surface area contributed by atoms with Crippen LogP contribution in [-0.2, 0) is 9.53 Å². The van der Waals surface area contributed by atoms with Crippen LogP contribution < -0.4 is 0 Å². The highest BCUT2D eigenvalue weighted by atomic mass is 19.1. The van der Waals surface area contributed by atoms with Crippen LogP contribution in [0.3, 0.4) is 0 Å². The molecule has 8 nitrogen and oxygen atoms in total. The van der Waals surface area contributed by atoms with E-state index in [0.717, 1.165) is 7.11 Å². The van der Waals surface area contributed by atoms with E-state index >= 15 is 0 Å². The minimum atomic E-state index is -2.11. The number of phenolic OH excluding ortho intramolecular Hbond substituents is 1. The molecular formula is C10H10FNO7. The van der Waals surface area contributed by atoms with E-state index in [1.807, 2.05) is 0 Å². The average Bonchev–Trinajstić information content (AvgIpc) is 2.35. The van der Waals surface area contributed by atoms with E-state index in [2.05, 4.69) is 4.74 Å². The van der Waals surface area contributed by atoms with E-state index in [0.29, 0.717) is 12.1 Å². The number of aromatic hydroxyl groups is 1. The van der Waals surface area contributed by atoms with Gasteiger partial charge in [-0.2, -0.15) is 0 Å². The normalized spacial score (nSPS) is 13.7. The molecule has 1 rings (SSSR count). The van der Waals surface area contributed by atoms with E-state index in [1.54, 1.807) is 0 Å². The van der Waals surface area contributed by atoms with Gasteiger partial charge in [0.15, 0.2) is 11.9 Å². The number of ether oxygens (including phenoxy) is 1. The van der Waals surface area contributed by atoms with Gasteiger partial charge in [-0.15, -0.1) is 0 Å². The van der Waals surface area contributed by atoms with Gasteiger partial charge in [-0.05, 0) is 0 Å². The van der Waals surface area contributed by atoms with Gasteiger partial charge in [-0.3, -0.25) is 10.1 Å². The molecule has 2 atom stereocenters. The summed E-state index contributed by atoms with van der Waals surface area (Å²) in [5.41, 5.74) is -1.57. The van der Waals surface area contributed by atoms with Crippen LogP contribution in [0.25, 0.3) is 0 Å². The summed E-state index contributed by atoms with van der Waals surface area (Å²) in [7, 11) is 0.938. The van der Waals surface area contributed by atoms with E-state index in [-0.39, 0.29) is 0 Å². The molecule has 0 radical (unpaired) electrons. The van der Waals surface area contributed by atoms with Crippen molar-refractivity contribution in [2.45, 2.75) is 12.2 Å². The maximum Gasteiger partial charge on any atom is 0.337 e. The number of hydrogen-bond donors (Lipinski definition) is 3. The lowest BCUT2D eigenvalue weighted by Crippen LogP contribution is -2.29. The van der Waals surface area contributed by atoms with Gasteiger partial charge in [-0.25, -0.2) is 9.18 Å². The molecular weight excluding hydrogens is 265 g/mol. The van der Waals surface area contributed by atoms with Gasteiger partial charge in [0, 0.05) is 17.7 Å². The second-order valence-corrected chi connectivity index (χ2v) is 3.53. The predicted octanol–water partition coefficient (Wildman–Crippen LogP) is 0.00680. The Labute approximate surface area is 105 Å². The maximum absolute atomic E-state index is 13.5. The number of hydrogen-bond acceptors (Lipinski definition) is 7. The first kappa shape index (κ1) is 14.8. The monoisotopic (exact) mass is 275 g/mol. The summed E-state index contributed by atoms with van der Waals surface area (Å²) >= 11 is 0. The highest BCUT2D eigenvalue weighted by Crippen LogP contribution is 2.32. The molecule has 0 heterocycles. The van der Waals surface area contributed by atoms with Crippen molar-refractivity contribution >= 4 is 11.7 Å². The largest absolute Gasteiger partial charge is 0.502 e. The third-order valence-corrected chi connectivity index (χ3v) is 2.35. The second kappa shape index (κ2) is 5.59. The third kappa shape index (κ3) is 2.95. The Hall–Kier alpha value is -2.26. The van der Waals surface area contributed by atoms with Crippen molar-refractivity contribution in [1.29, 1.82) is 0 Å². The molecule has 0 bridgehead atoms. The number of aliphatic hydroxyl groups excluding tert-OH is 2. The fraction of sp³-hybridized carbons (Fsp3) is 0.300. The summed E-state index contributed by atoms with van der Waals surface area (Å²) in [5.74, 6) is -3.38. The Bertz CT molecular complexity index is 519. The molecule has 104 valence electrons. The SMILES string of the molecule is COC(=O)C(O)C(O)c1cc([N+](=O)[O-])c(O)cc1F. The number of aliphatic hydroxyl groups is 2. The molecule has 1 aromatic rings. The van der Waals surface area contributed by atoms with Gasteiger partial charge in [0.25, 0.3) is 0 Å². The standard InChI is InChI=1S/C10H10FNO7/c1-19-10(16)9(15)8(14)4-2-6(12(17)18)7(13)3-5(4)11/h2-3,8-9,13-15H,1H3. The van der Waals surface area contributed by atoms with Gasteiger partial charge in [-0.1, -0.05) is 0 Å². The first-order valence-corrected chi connectivity index (χ1v) is 4.90. The molecule has 2 unspecified atom stereocenters. The molecule has 0 aliphatic heterocycles. The fourth-order valence-corrected chi connectivity index (χ4v) is 1.36. The van der Waals surface area contributed by atoms with Gasteiger partial charge >= 0.3 is 11.7 Å². The number of nitrogens with zero attached hydrogens (tertiary/aromatic N) is 1. The summed E-state index contributed by atoms with van der Waals surface area (Å²) in [6, 6.07) is 0.933. The van der Waals surface area contributed by atoms with Crippen molar-refractivity contribution < 1.29 is 34.2 Å². The highest BCUT2D eigenvalue weighted by molar-refractivity contribution is 5.75. The molecule has 0 aromatic heterocycles. The quantitative estimate of drug-likeness (QED) is 0.400. The zero-order valence-corrected chi connectivity index (χ0v) is 9.61. The van der Waals surface area contributed by atoms with Crippen LogP contribution in [0.4, 0.5) is 10.1 Å². The van der Waals surface area contributed by atoms with Crippen molar-refractivity contribution in [1.82, 2.24) is 0 Å². The van der Waals surface area contributed by atoms with Crippen LogP contribution in [0.5, 0.6) is 5.75 Å². The smallest absolute Gasteiger partial charge is 0.337 e. The maximum atomic E-state index is 13.5. The first-order valence-electron chi connectivity index (χ1n) is 4.90. The molecule has 0 aliphatic carbocycles. The van der Waals surface area contributed by atoms with Crippen molar-refractivity contribution in [3.63, 3.8) is 0 Å². The number of carbonyl (C=O) groups excluding carboxylic acids is 1. The number of esters is 1. The van der Waals surface area contributed by atoms with Crippen LogP contribution in [0.2, 0.25) is 0 Å². The number of benzene rings is 1. The van der Waals surface area contributed by atoms with E-state index < -0.39 is 45.9 Å². The molecule has 0 amide bonds. The number of phenols is 1. The molecule has 3 N–H and O–H groups in total. The van der Waals surface area contributed by atoms with E-state index in [4.69, 9.17) is 5.11 Å². The lowest BCUT2D eigenvalue weighted by atomic mass is 10.0. The fourth-order valence-electron chi connectivity index (χ4n) is 1.36. The summed E-state index contributed by atoms with van der Waals surface area (Å²) in [5, 5.41) is 38.6. The average molecular weight is 275 g/mol. The van der Waals surface area contributed by atoms with Crippen molar-refractivity contribution in [2.24, 2.45) is 0 Å². The minimum Gasteiger partial charge on any atom is -0.502 e. The zero-order chi connectivity index (χ0) is 14.7. The molecule has 0 saturated carbocycles. The Morgan fingerprint density at radius 3 is 2.53 bits per heavy atom. The Balaban J connectivity index is 3.23. The van der Waals surface area contributed by atoms with Crippen molar-refractivity contribution in [3.8, 4) is 5.75 Å². The molecule has 0 spiro atoms. The van der Waals surface area contributed by atoms with E-state index in [1.165, 1.54) is 0 Å². The Kier molecular flexibility index (Phi) is 4.35. The minimum absolute atomic E-state index is 0.403. The zero-order valence-electron chi connectivity index (χ0n) is 9.61. The van der Waals surface area contributed by atoms with Crippen LogP contribution in [0.1, 0.15) is 11.7 Å². The van der Waals surface area contributed by atoms with Crippen LogP contribution in [0, 0.1) is 15.9 Å². The lowest BCUT2D eigenvalue weighted by Gasteiger charge is -2.16. The van der Waals surface area contributed by atoms with Gasteiger partial charge in [0.2, 0.25) is 0 Å². The second-order valence-electron chi connectivity index (χ2n) is 3.53. The van der Waals surface area contributed by atoms with Crippen LogP contribution in [-0.4, -0.2) is 39.4 Å². The lowest BCUT2D eigenvalue weighted by molar-refractivity contribution is -0.386. The molecule has 1 aromatic carbocycles.